The van der Waals surface area contributed by atoms with Crippen molar-refractivity contribution in [2.24, 2.45) is 14.1 Å². The maximum absolute atomic E-state index is 13.5. The quantitative estimate of drug-likeness (QED) is 0.0944. The van der Waals surface area contributed by atoms with Crippen molar-refractivity contribution in [3.63, 3.8) is 0 Å². The number of aromatic amines is 1. The van der Waals surface area contributed by atoms with E-state index in [1.807, 2.05) is 90.6 Å². The number of imidazole rings is 3. The minimum absolute atomic E-state index is 0.0873. The van der Waals surface area contributed by atoms with Gasteiger partial charge in [-0.05, 0) is 0 Å². The second-order valence-electron chi connectivity index (χ2n) is 15.0. The summed E-state index contributed by atoms with van der Waals surface area (Å²) in [7, 11) is 9.60. The van der Waals surface area contributed by atoms with Crippen LogP contribution in [0.5, 0.6) is 0 Å². The van der Waals surface area contributed by atoms with Gasteiger partial charge >= 0.3 is 364 Å². The molecule has 0 amide bonds. The molecule has 61 heavy (non-hydrogen) atoms. The van der Waals surface area contributed by atoms with Crippen LogP contribution in [0.15, 0.2) is 116 Å². The predicted molar refractivity (Wildman–Crippen MR) is 238 cm³/mol. The molecule has 1 unspecified atom stereocenters. The predicted octanol–water partition coefficient (Wildman–Crippen LogP) is 3.16. The van der Waals surface area contributed by atoms with Crippen LogP contribution in [0.25, 0.3) is 45.0 Å². The normalized spacial score (nSPS) is 13.5. The van der Waals surface area contributed by atoms with Crippen LogP contribution < -0.4 is 33.6 Å². The van der Waals surface area contributed by atoms with Gasteiger partial charge in [-0.1, -0.05) is 0 Å². The van der Waals surface area contributed by atoms with E-state index in [-0.39, 0.29) is 26.3 Å². The van der Waals surface area contributed by atoms with Gasteiger partial charge in [0.05, 0.1) is 0 Å². The summed E-state index contributed by atoms with van der Waals surface area (Å²) in [5.41, 5.74) is 11.7. The molecule has 0 saturated carbocycles. The summed E-state index contributed by atoms with van der Waals surface area (Å²) >= 11 is 0.232. The first-order valence-electron chi connectivity index (χ1n) is 19.6. The van der Waals surface area contributed by atoms with E-state index < -0.39 is 5.97 Å². The molecular formula is C45H42N12O2Se2+4. The Bertz CT molecular complexity index is 3230. The Hall–Kier alpha value is -6.67. The standard InChI is InChI=1S/C45H39N12O2Se2/c1-27-21-30(17-19-33(27)49-40-35(28-13-9-7-10-14-28)51-43-38-41(48-25-56(40)43)54(4)26-53(38)3)60-61-31-18-20-34(32(22-31)45(58)59-6)50-42-36(29-15-11-8-12-16-29)55(5)44-37-39(46-23-52(37)2)47-24-57(42)44/h7-26,49H,1-6H3/q+1/p+3. The van der Waals surface area contributed by atoms with E-state index in [1.165, 1.54) is 11.6 Å². The summed E-state index contributed by atoms with van der Waals surface area (Å²) in [5, 5.41) is 7.38. The fraction of sp³-hybridized carbons (Fsp3) is 0.133. The monoisotopic (exact) mass is 942 g/mol. The molecule has 16 heteroatoms. The van der Waals surface area contributed by atoms with Gasteiger partial charge in [0.1, 0.15) is 0 Å². The van der Waals surface area contributed by atoms with Crippen molar-refractivity contribution in [1.82, 2.24) is 28.7 Å². The number of benzene rings is 4. The van der Waals surface area contributed by atoms with E-state index in [2.05, 4.69) is 105 Å². The molecule has 302 valence electrons. The molecule has 6 heterocycles. The Balaban J connectivity index is 0.942. The van der Waals surface area contributed by atoms with Crippen molar-refractivity contribution in [1.29, 1.82) is 0 Å². The van der Waals surface area contributed by atoms with Crippen LogP contribution in [-0.2, 0) is 18.8 Å². The second-order valence-corrected chi connectivity index (χ2v) is 21.3. The van der Waals surface area contributed by atoms with E-state index in [9.17, 15) is 4.79 Å². The minimum atomic E-state index is -0.400. The molecule has 0 spiro atoms. The Labute approximate surface area is 362 Å². The summed E-state index contributed by atoms with van der Waals surface area (Å²) in [6.07, 6.45) is 7.67. The molecule has 0 aliphatic carbocycles. The van der Waals surface area contributed by atoms with Crippen molar-refractivity contribution < 1.29 is 28.1 Å². The Morgan fingerprint density at radius 1 is 0.820 bits per heavy atom. The first kappa shape index (κ1) is 38.5. The topological polar surface area (TPSA) is 129 Å². The molecular weight excluding hydrogens is 898 g/mol. The Morgan fingerprint density at radius 3 is 2.21 bits per heavy atom. The number of hydrogen-bond donors (Lipinski definition) is 4. The van der Waals surface area contributed by atoms with Gasteiger partial charge in [0.25, 0.3) is 0 Å². The average Bonchev–Trinajstić information content (AvgIpc) is 4.01. The molecule has 14 nitrogen and oxygen atoms in total. The molecule has 0 fully saturated rings. The number of H-pyrrole nitrogens is 1. The zero-order valence-electron chi connectivity index (χ0n) is 34.3. The third-order valence-electron chi connectivity index (χ3n) is 11.0. The first-order chi connectivity index (χ1) is 29.7. The average molecular weight is 941 g/mol. The van der Waals surface area contributed by atoms with Gasteiger partial charge in [0.15, 0.2) is 0 Å². The van der Waals surface area contributed by atoms with Crippen LogP contribution in [0.2, 0.25) is 0 Å². The summed E-state index contributed by atoms with van der Waals surface area (Å²) < 4.78 is 18.1. The number of quaternary nitrogens is 1. The van der Waals surface area contributed by atoms with Gasteiger partial charge in [-0.25, -0.2) is 0 Å². The van der Waals surface area contributed by atoms with Crippen LogP contribution in [0.4, 0.5) is 34.5 Å². The van der Waals surface area contributed by atoms with Gasteiger partial charge in [0, 0.05) is 0 Å². The van der Waals surface area contributed by atoms with Crippen molar-refractivity contribution in [3.05, 3.63) is 127 Å². The van der Waals surface area contributed by atoms with Gasteiger partial charge in [-0.3, -0.25) is 0 Å². The van der Waals surface area contributed by atoms with Crippen molar-refractivity contribution in [3.8, 4) is 22.5 Å². The number of aromatic nitrogens is 8. The molecule has 0 radical (unpaired) electrons. The van der Waals surface area contributed by atoms with Crippen molar-refractivity contribution in [2.75, 3.05) is 31.8 Å². The molecule has 1 aliphatic heterocycles. The molecule has 4 aromatic carbocycles. The van der Waals surface area contributed by atoms with Crippen LogP contribution >= 0.6 is 0 Å². The summed E-state index contributed by atoms with van der Waals surface area (Å²) in [5.74, 6) is 2.20. The van der Waals surface area contributed by atoms with Crippen molar-refractivity contribution in [2.45, 2.75) is 6.92 Å². The Morgan fingerprint density at radius 2 is 1.49 bits per heavy atom. The molecule has 1 aliphatic rings. The number of esters is 1. The summed E-state index contributed by atoms with van der Waals surface area (Å²) in [6, 6.07) is 33.2. The van der Waals surface area contributed by atoms with Gasteiger partial charge in [-0.15, -0.1) is 0 Å². The van der Waals surface area contributed by atoms with E-state index >= 15 is 0 Å². The van der Waals surface area contributed by atoms with Crippen LogP contribution in [0, 0.1) is 6.92 Å². The first-order valence-corrected chi connectivity index (χ1v) is 25.6. The van der Waals surface area contributed by atoms with E-state index in [0.717, 1.165) is 88.7 Å². The fourth-order valence-electron chi connectivity index (χ4n) is 8.10. The second kappa shape index (κ2) is 15.4. The summed E-state index contributed by atoms with van der Waals surface area (Å²) in [6.45, 7) is 2.14. The molecule has 9 aromatic rings. The molecule has 0 saturated heterocycles. The number of aryl methyl sites for hydroxylation is 3. The molecule has 10 rings (SSSR count). The zero-order chi connectivity index (χ0) is 41.9. The fourth-order valence-corrected chi connectivity index (χ4v) is 14.2. The maximum atomic E-state index is 13.5. The summed E-state index contributed by atoms with van der Waals surface area (Å²) in [4.78, 5) is 32.6. The van der Waals surface area contributed by atoms with Gasteiger partial charge in [0.2, 0.25) is 0 Å². The molecule has 1 atom stereocenters. The Kier molecular flexibility index (Phi) is 9.74. The number of methoxy groups -OCH3 is 1. The number of ether oxygens (including phenoxy) is 1. The number of carbonyl (C=O) groups is 1. The van der Waals surface area contributed by atoms with E-state index in [0.29, 0.717) is 11.3 Å². The number of nitrogens with one attached hydrogen (secondary N) is 4. The number of hydrogen-bond acceptors (Lipinski definition) is 7. The number of fused-ring (bicyclic) bond motifs is 6. The molecule has 5 aromatic heterocycles. The number of carbonyl (C=O) groups excluding carboxylic acids is 1. The zero-order valence-corrected chi connectivity index (χ0v) is 37.7. The number of rotatable bonds is 10. The van der Waals surface area contributed by atoms with Crippen LogP contribution in [-0.4, -0.2) is 93.1 Å². The van der Waals surface area contributed by atoms with Crippen LogP contribution in [0.3, 0.4) is 0 Å². The molecule has 4 N–H and O–H groups in total. The number of nitrogens with zero attached hydrogens (tertiary/aromatic N) is 8. The van der Waals surface area contributed by atoms with E-state index in [4.69, 9.17) is 19.7 Å². The SMILES string of the molecule is COC(=O)c1cc([Se][Se]c2ccc(Nc3c(-c4ccccc4)nc4c5c(ncn34)[NH+](C)C=[N+]5C)c(C)c2)ccc1Nc1c(-c2ccccc2)[n+](C)c2c3c(ncn12)[nH]c[n+]3C. The molecule has 0 bridgehead atoms. The van der Waals surface area contributed by atoms with Gasteiger partial charge in [-0.2, -0.15) is 0 Å². The van der Waals surface area contributed by atoms with Crippen LogP contribution in [0.1, 0.15) is 15.9 Å². The third-order valence-corrected chi connectivity index (χ3v) is 18.2. The van der Waals surface area contributed by atoms with Crippen molar-refractivity contribution >= 4 is 104 Å². The van der Waals surface area contributed by atoms with E-state index in [1.54, 1.807) is 0 Å². The third kappa shape index (κ3) is 6.65. The number of anilines is 4. The van der Waals surface area contributed by atoms with Gasteiger partial charge < -0.3 is 0 Å².